The van der Waals surface area contributed by atoms with Crippen LogP contribution in [-0.2, 0) is 9.47 Å². The molecule has 0 saturated carbocycles. The Hall–Kier alpha value is -1.84. The summed E-state index contributed by atoms with van der Waals surface area (Å²) in [7, 11) is 0. The third-order valence-corrected chi connectivity index (χ3v) is 5.33. The lowest BCUT2D eigenvalue weighted by Gasteiger charge is -2.21. The van der Waals surface area contributed by atoms with Crippen molar-refractivity contribution in [2.24, 2.45) is 20.8 Å². The molecule has 0 bridgehead atoms. The summed E-state index contributed by atoms with van der Waals surface area (Å²) in [5.74, 6) is 1.49. The van der Waals surface area contributed by atoms with E-state index in [-0.39, 0.29) is 22.9 Å². The number of hydrogen-bond donors (Lipinski definition) is 0. The molecular weight excluding hydrogens is 324 g/mol. The van der Waals surface area contributed by atoms with Crippen molar-refractivity contribution in [2.45, 2.75) is 67.5 Å². The monoisotopic (exact) mass is 356 g/mol. The maximum absolute atomic E-state index is 5.96. The molecule has 0 saturated heterocycles. The van der Waals surface area contributed by atoms with E-state index in [1.165, 1.54) is 11.1 Å². The minimum Gasteiger partial charge on any atom is -0.475 e. The summed E-state index contributed by atoms with van der Waals surface area (Å²) < 4.78 is 11.9. The van der Waals surface area contributed by atoms with Gasteiger partial charge in [0.2, 0.25) is 11.8 Å². The Morgan fingerprint density at radius 1 is 0.731 bits per heavy atom. The third-order valence-electron chi connectivity index (χ3n) is 5.33. The number of nitrogens with zero attached hydrogens (tertiary/aromatic N) is 2. The molecule has 0 unspecified atom stereocenters. The average Bonchev–Trinajstić information content (AvgIpc) is 3.15. The van der Waals surface area contributed by atoms with Gasteiger partial charge >= 0.3 is 0 Å². The molecule has 1 aromatic rings. The quantitative estimate of drug-likeness (QED) is 0.772. The molecule has 26 heavy (non-hydrogen) atoms. The first-order valence-corrected chi connectivity index (χ1v) is 9.50. The van der Waals surface area contributed by atoms with E-state index in [0.717, 1.165) is 22.9 Å². The summed E-state index contributed by atoms with van der Waals surface area (Å²) in [6, 6.07) is 4.69. The van der Waals surface area contributed by atoms with E-state index in [1.54, 1.807) is 0 Å². The molecule has 3 rings (SSSR count). The first kappa shape index (κ1) is 18.9. The average molecular weight is 357 g/mol. The molecule has 0 fully saturated rings. The first-order valence-electron chi connectivity index (χ1n) is 9.50. The number of ether oxygens (including phenoxy) is 2. The maximum atomic E-state index is 5.96. The van der Waals surface area contributed by atoms with Crippen LogP contribution in [0.2, 0.25) is 0 Å². The van der Waals surface area contributed by atoms with E-state index in [1.807, 2.05) is 0 Å². The van der Waals surface area contributed by atoms with E-state index < -0.39 is 0 Å². The summed E-state index contributed by atoms with van der Waals surface area (Å²) in [6.07, 6.45) is 0. The smallest absolute Gasteiger partial charge is 0.216 e. The van der Waals surface area contributed by atoms with Gasteiger partial charge in [-0.05, 0) is 41.9 Å². The van der Waals surface area contributed by atoms with Gasteiger partial charge in [0, 0.05) is 11.1 Å². The number of hydrogen-bond acceptors (Lipinski definition) is 4. The van der Waals surface area contributed by atoms with Crippen molar-refractivity contribution in [3.8, 4) is 0 Å². The SMILES string of the molecule is Cc1cc(C)c(C2=N[C@@H](C(C)(C)C)CO2)cc1C1=N[C@@H](C(C)(C)C)CO1. The van der Waals surface area contributed by atoms with Crippen molar-refractivity contribution in [3.05, 3.63) is 34.4 Å². The summed E-state index contributed by atoms with van der Waals surface area (Å²) in [5, 5.41) is 0. The molecule has 0 N–H and O–H groups in total. The molecule has 0 aliphatic carbocycles. The zero-order valence-corrected chi connectivity index (χ0v) is 17.4. The highest BCUT2D eigenvalue weighted by molar-refractivity contribution is 6.02. The predicted molar refractivity (Wildman–Crippen MR) is 107 cm³/mol. The van der Waals surface area contributed by atoms with Gasteiger partial charge in [-0.25, -0.2) is 9.98 Å². The molecule has 2 heterocycles. The standard InChI is InChI=1S/C22H32N2O2/c1-13-9-14(2)16(20-24-18(12-26-20)22(6,7)8)10-15(13)19-23-17(11-25-19)21(3,4)5/h9-10,17-18H,11-12H2,1-8H3/t17-,18-/m1/s1. The van der Waals surface area contributed by atoms with E-state index in [2.05, 4.69) is 67.5 Å². The van der Waals surface area contributed by atoms with E-state index in [0.29, 0.717) is 13.2 Å². The van der Waals surface area contributed by atoms with Gasteiger partial charge < -0.3 is 9.47 Å². The highest BCUT2D eigenvalue weighted by Gasteiger charge is 2.33. The van der Waals surface area contributed by atoms with Gasteiger partial charge in [0.15, 0.2) is 0 Å². The summed E-state index contributed by atoms with van der Waals surface area (Å²) >= 11 is 0. The van der Waals surface area contributed by atoms with Crippen molar-refractivity contribution >= 4 is 11.8 Å². The first-order chi connectivity index (χ1) is 12.0. The largest absolute Gasteiger partial charge is 0.475 e. The molecule has 4 heteroatoms. The minimum absolute atomic E-state index is 0.0990. The fourth-order valence-corrected chi connectivity index (χ4v) is 3.24. The lowest BCUT2D eigenvalue weighted by molar-refractivity contribution is 0.235. The Morgan fingerprint density at radius 2 is 1.12 bits per heavy atom. The lowest BCUT2D eigenvalue weighted by Crippen LogP contribution is -2.25. The van der Waals surface area contributed by atoms with Crippen LogP contribution < -0.4 is 0 Å². The van der Waals surface area contributed by atoms with Crippen LogP contribution >= 0.6 is 0 Å². The van der Waals surface area contributed by atoms with Crippen LogP contribution in [0.3, 0.4) is 0 Å². The Labute approximate surface area is 157 Å². The van der Waals surface area contributed by atoms with Crippen molar-refractivity contribution in [2.75, 3.05) is 13.2 Å². The van der Waals surface area contributed by atoms with E-state index >= 15 is 0 Å². The molecule has 0 spiro atoms. The Bertz CT molecular complexity index is 702. The molecule has 4 nitrogen and oxygen atoms in total. The van der Waals surface area contributed by atoms with Crippen LogP contribution in [0.5, 0.6) is 0 Å². The van der Waals surface area contributed by atoms with Crippen LogP contribution in [0.4, 0.5) is 0 Å². The second-order valence-electron chi connectivity index (χ2n) is 9.74. The molecule has 2 aliphatic rings. The van der Waals surface area contributed by atoms with Crippen molar-refractivity contribution in [3.63, 3.8) is 0 Å². The Morgan fingerprint density at radius 3 is 1.42 bits per heavy atom. The topological polar surface area (TPSA) is 43.2 Å². The van der Waals surface area contributed by atoms with Gasteiger partial charge in [-0.3, -0.25) is 0 Å². The maximum Gasteiger partial charge on any atom is 0.216 e. The van der Waals surface area contributed by atoms with E-state index in [4.69, 9.17) is 19.5 Å². The Kier molecular flexibility index (Phi) is 4.66. The molecule has 1 aromatic carbocycles. The number of aryl methyl sites for hydroxylation is 2. The molecule has 0 amide bonds. The molecule has 142 valence electrons. The van der Waals surface area contributed by atoms with Crippen molar-refractivity contribution in [1.29, 1.82) is 0 Å². The highest BCUT2D eigenvalue weighted by atomic mass is 16.5. The summed E-state index contributed by atoms with van der Waals surface area (Å²) in [6.45, 7) is 18.7. The molecule has 0 radical (unpaired) electrons. The number of benzene rings is 1. The molecule has 2 atom stereocenters. The molecule has 0 aromatic heterocycles. The Balaban J connectivity index is 1.97. The zero-order chi connectivity index (χ0) is 19.3. The van der Waals surface area contributed by atoms with Gasteiger partial charge in [0.05, 0.1) is 12.1 Å². The third kappa shape index (κ3) is 3.65. The van der Waals surface area contributed by atoms with Gasteiger partial charge in [0.25, 0.3) is 0 Å². The van der Waals surface area contributed by atoms with Crippen LogP contribution in [0.25, 0.3) is 0 Å². The predicted octanol–water partition coefficient (Wildman–Crippen LogP) is 4.69. The normalized spacial score (nSPS) is 23.4. The van der Waals surface area contributed by atoms with Gasteiger partial charge in [-0.15, -0.1) is 0 Å². The summed E-state index contributed by atoms with van der Waals surface area (Å²) in [4.78, 5) is 9.71. The minimum atomic E-state index is 0.0990. The number of rotatable bonds is 2. The lowest BCUT2D eigenvalue weighted by atomic mass is 9.88. The van der Waals surface area contributed by atoms with E-state index in [9.17, 15) is 0 Å². The van der Waals surface area contributed by atoms with Gasteiger partial charge in [-0.1, -0.05) is 47.6 Å². The second-order valence-corrected chi connectivity index (χ2v) is 9.74. The molecular formula is C22H32N2O2. The highest BCUT2D eigenvalue weighted by Crippen LogP contribution is 2.31. The van der Waals surface area contributed by atoms with Crippen molar-refractivity contribution in [1.82, 2.24) is 0 Å². The zero-order valence-electron chi connectivity index (χ0n) is 17.4. The number of aliphatic imine (C=N–C) groups is 2. The van der Waals surface area contributed by atoms with Crippen LogP contribution in [0.1, 0.15) is 63.8 Å². The van der Waals surface area contributed by atoms with Crippen LogP contribution in [0, 0.1) is 24.7 Å². The fourth-order valence-electron chi connectivity index (χ4n) is 3.24. The van der Waals surface area contributed by atoms with Crippen LogP contribution in [0.15, 0.2) is 22.1 Å². The molecule has 2 aliphatic heterocycles. The summed E-state index contributed by atoms with van der Waals surface area (Å²) in [5.41, 5.74) is 4.63. The van der Waals surface area contributed by atoms with Crippen LogP contribution in [-0.4, -0.2) is 37.1 Å². The second kappa shape index (κ2) is 6.40. The van der Waals surface area contributed by atoms with Gasteiger partial charge in [0.1, 0.15) is 13.2 Å². The van der Waals surface area contributed by atoms with Gasteiger partial charge in [-0.2, -0.15) is 0 Å². The van der Waals surface area contributed by atoms with Crippen molar-refractivity contribution < 1.29 is 9.47 Å². The fraction of sp³-hybridized carbons (Fsp3) is 0.636.